The molecule has 96 valence electrons. The van der Waals surface area contributed by atoms with Crippen LogP contribution in [0, 0.1) is 5.21 Å². The van der Waals surface area contributed by atoms with E-state index < -0.39 is 0 Å². The first-order chi connectivity index (χ1) is 9.04. The molecule has 0 atom stereocenters. The van der Waals surface area contributed by atoms with Crippen molar-refractivity contribution in [3.63, 3.8) is 0 Å². The summed E-state index contributed by atoms with van der Waals surface area (Å²) in [5.74, 6) is 0.120. The summed E-state index contributed by atoms with van der Waals surface area (Å²) >= 11 is 3.44. The highest BCUT2D eigenvalue weighted by Crippen LogP contribution is 2.58. The third-order valence-corrected chi connectivity index (χ3v) is 4.76. The van der Waals surface area contributed by atoms with Crippen molar-refractivity contribution in [3.8, 4) is 0 Å². The molecule has 1 spiro atoms. The van der Waals surface area contributed by atoms with Gasteiger partial charge in [0.25, 0.3) is 0 Å². The maximum Gasteiger partial charge on any atom is 0.237 e. The molecule has 1 aromatic carbocycles. The summed E-state index contributed by atoms with van der Waals surface area (Å²) in [6, 6.07) is 5.59. The van der Waals surface area contributed by atoms with Gasteiger partial charge in [0.15, 0.2) is 0 Å². The predicted octanol–water partition coefficient (Wildman–Crippen LogP) is 2.24. The Balaban J connectivity index is 2.18. The Bertz CT molecular complexity index is 753. The average Bonchev–Trinajstić information content (AvgIpc) is 3.14. The van der Waals surface area contributed by atoms with Crippen LogP contribution in [-0.2, 0) is 10.2 Å². The van der Waals surface area contributed by atoms with E-state index in [1.165, 1.54) is 6.20 Å². The summed E-state index contributed by atoms with van der Waals surface area (Å²) in [7, 11) is 1.75. The molecule has 1 aromatic heterocycles. The highest BCUT2D eigenvalue weighted by molar-refractivity contribution is 9.10. The molecule has 19 heavy (non-hydrogen) atoms. The molecule has 1 saturated carbocycles. The number of halogens is 1. The Labute approximate surface area is 118 Å². The number of pyridine rings is 1. The Hall–Kier alpha value is -1.62. The highest BCUT2D eigenvalue weighted by Gasteiger charge is 2.60. The second-order valence-corrected chi connectivity index (χ2v) is 6.24. The summed E-state index contributed by atoms with van der Waals surface area (Å²) in [5, 5.41) is 13.0. The lowest BCUT2D eigenvalue weighted by Crippen LogP contribution is -2.29. The Morgan fingerprint density at radius 2 is 2.16 bits per heavy atom. The zero-order chi connectivity index (χ0) is 13.4. The van der Waals surface area contributed by atoms with Gasteiger partial charge in [-0.15, -0.1) is 0 Å². The summed E-state index contributed by atoms with van der Waals surface area (Å²) in [6.45, 7) is 0. The molecular weight excluding hydrogens is 308 g/mol. The van der Waals surface area contributed by atoms with Gasteiger partial charge in [0, 0.05) is 23.2 Å². The molecule has 4 rings (SSSR count). The van der Waals surface area contributed by atoms with E-state index in [9.17, 15) is 10.0 Å². The maximum atomic E-state index is 12.4. The number of hydrogen-bond donors (Lipinski definition) is 0. The van der Waals surface area contributed by atoms with Crippen LogP contribution in [0.2, 0.25) is 0 Å². The number of carbonyl (C=O) groups excluding carboxylic acids is 1. The van der Waals surface area contributed by atoms with Crippen molar-refractivity contribution in [1.82, 2.24) is 0 Å². The van der Waals surface area contributed by atoms with Crippen LogP contribution in [-0.4, -0.2) is 13.0 Å². The number of hydrogen-bond acceptors (Lipinski definition) is 2. The van der Waals surface area contributed by atoms with Gasteiger partial charge in [-0.05, 0) is 25.0 Å². The maximum absolute atomic E-state index is 12.4. The lowest BCUT2D eigenvalue weighted by Gasteiger charge is -2.10. The molecule has 4 nitrogen and oxygen atoms in total. The summed E-state index contributed by atoms with van der Waals surface area (Å²) < 4.78 is 1.78. The van der Waals surface area contributed by atoms with Gasteiger partial charge < -0.3 is 10.1 Å². The topological polar surface area (TPSA) is 47.2 Å². The average molecular weight is 319 g/mol. The van der Waals surface area contributed by atoms with Gasteiger partial charge >= 0.3 is 0 Å². The van der Waals surface area contributed by atoms with Crippen LogP contribution < -0.4 is 9.63 Å². The van der Waals surface area contributed by atoms with Crippen LogP contribution in [0.3, 0.4) is 0 Å². The number of likely N-dealkylation sites (N-methyl/N-ethyl adjacent to an activating group) is 1. The number of aromatic nitrogens is 1. The third-order valence-electron chi connectivity index (χ3n) is 4.26. The van der Waals surface area contributed by atoms with Crippen molar-refractivity contribution >= 4 is 38.4 Å². The van der Waals surface area contributed by atoms with Crippen molar-refractivity contribution in [3.05, 3.63) is 39.6 Å². The minimum atomic E-state index is -0.364. The van der Waals surface area contributed by atoms with E-state index >= 15 is 0 Å². The molecule has 2 heterocycles. The van der Waals surface area contributed by atoms with Gasteiger partial charge in [-0.25, -0.2) is 0 Å². The Morgan fingerprint density at radius 1 is 1.42 bits per heavy atom. The largest absolute Gasteiger partial charge is 0.618 e. The molecule has 0 unspecified atom stereocenters. The van der Waals surface area contributed by atoms with E-state index in [4.69, 9.17) is 0 Å². The first-order valence-corrected chi connectivity index (χ1v) is 6.98. The van der Waals surface area contributed by atoms with Crippen molar-refractivity contribution in [1.29, 1.82) is 0 Å². The van der Waals surface area contributed by atoms with Crippen LogP contribution in [0.5, 0.6) is 0 Å². The van der Waals surface area contributed by atoms with Gasteiger partial charge in [-0.1, -0.05) is 15.9 Å². The predicted molar refractivity (Wildman–Crippen MR) is 74.9 cm³/mol. The van der Waals surface area contributed by atoms with E-state index in [0.717, 1.165) is 38.7 Å². The van der Waals surface area contributed by atoms with Crippen LogP contribution >= 0.6 is 15.9 Å². The minimum absolute atomic E-state index is 0.120. The molecule has 0 bridgehead atoms. The number of fused-ring (bicyclic) bond motifs is 4. The smallest absolute Gasteiger partial charge is 0.237 e. The SMILES string of the molecule is CN1C(=O)C2(CC2)c2c1c[n+]([O-])c1ccc(Br)cc21. The zero-order valence-electron chi connectivity index (χ0n) is 10.3. The second kappa shape index (κ2) is 3.28. The molecule has 2 aromatic rings. The first kappa shape index (κ1) is 11.2. The lowest BCUT2D eigenvalue weighted by atomic mass is 9.94. The van der Waals surface area contributed by atoms with Crippen molar-refractivity contribution in [2.24, 2.45) is 0 Å². The van der Waals surface area contributed by atoms with Gasteiger partial charge in [-0.2, -0.15) is 4.73 Å². The quantitative estimate of drug-likeness (QED) is 0.552. The summed E-state index contributed by atoms with van der Waals surface area (Å²) in [4.78, 5) is 14.0. The fourth-order valence-corrected chi connectivity index (χ4v) is 3.53. The number of nitrogens with zero attached hydrogens (tertiary/aromatic N) is 2. The number of carbonyl (C=O) groups is 1. The molecule has 1 aliphatic heterocycles. The molecule has 2 aliphatic rings. The van der Waals surface area contributed by atoms with E-state index in [1.807, 2.05) is 12.1 Å². The van der Waals surface area contributed by atoms with E-state index in [1.54, 1.807) is 18.0 Å². The van der Waals surface area contributed by atoms with Gasteiger partial charge in [0.05, 0.1) is 10.8 Å². The highest BCUT2D eigenvalue weighted by atomic mass is 79.9. The number of anilines is 1. The van der Waals surface area contributed by atoms with E-state index in [0.29, 0.717) is 5.52 Å². The molecular formula is C14H11BrN2O2. The molecule has 1 aliphatic carbocycles. The lowest BCUT2D eigenvalue weighted by molar-refractivity contribution is -0.576. The summed E-state index contributed by atoms with van der Waals surface area (Å²) in [6.07, 6.45) is 3.29. The fourth-order valence-electron chi connectivity index (χ4n) is 3.17. The van der Waals surface area contributed by atoms with E-state index in [2.05, 4.69) is 15.9 Å². The molecule has 1 fully saturated rings. The summed E-state index contributed by atoms with van der Waals surface area (Å²) in [5.41, 5.74) is 2.04. The third kappa shape index (κ3) is 1.23. The standard InChI is InChI=1S/C14H11BrN2O2/c1-16-11-7-17(19)10-3-2-8(15)6-9(10)12(11)14(4-5-14)13(16)18/h2-3,6-7H,4-5H2,1H3. The van der Waals surface area contributed by atoms with Crippen molar-refractivity contribution in [2.45, 2.75) is 18.3 Å². The van der Waals surface area contributed by atoms with Gasteiger partial charge in [-0.3, -0.25) is 4.79 Å². The van der Waals surface area contributed by atoms with Crippen LogP contribution in [0.15, 0.2) is 28.9 Å². The first-order valence-electron chi connectivity index (χ1n) is 6.19. The minimum Gasteiger partial charge on any atom is -0.618 e. The number of amides is 1. The van der Waals surface area contributed by atoms with Crippen molar-refractivity contribution < 1.29 is 9.52 Å². The van der Waals surface area contributed by atoms with Crippen molar-refractivity contribution in [2.75, 3.05) is 11.9 Å². The van der Waals surface area contributed by atoms with Gasteiger partial charge in [0.2, 0.25) is 17.6 Å². The molecule has 1 amide bonds. The molecule has 0 saturated heterocycles. The monoisotopic (exact) mass is 318 g/mol. The molecule has 0 radical (unpaired) electrons. The van der Waals surface area contributed by atoms with Crippen LogP contribution in [0.25, 0.3) is 10.9 Å². The second-order valence-electron chi connectivity index (χ2n) is 5.32. The number of rotatable bonds is 0. The fraction of sp³-hybridized carbons (Fsp3) is 0.286. The van der Waals surface area contributed by atoms with Gasteiger partial charge in [0.1, 0.15) is 5.69 Å². The van der Waals surface area contributed by atoms with Crippen LogP contribution in [0.4, 0.5) is 5.69 Å². The molecule has 0 N–H and O–H groups in total. The van der Waals surface area contributed by atoms with Crippen LogP contribution in [0.1, 0.15) is 18.4 Å². The van der Waals surface area contributed by atoms with E-state index in [-0.39, 0.29) is 11.3 Å². The normalized spacial score (nSPS) is 19.3. The Morgan fingerprint density at radius 3 is 2.84 bits per heavy atom. The molecule has 5 heteroatoms. The number of benzene rings is 1. The Kier molecular flexibility index (Phi) is 1.94. The zero-order valence-corrected chi connectivity index (χ0v) is 11.9.